The van der Waals surface area contributed by atoms with E-state index in [1.165, 1.54) is 5.56 Å². The van der Waals surface area contributed by atoms with E-state index in [-0.39, 0.29) is 0 Å². The standard InChI is InChI=1S/C16H24N6O/c1-22-10-13(9-20-22)4-2-6-17-15-8-16(19-12-18-15)21-14-5-3-7-23-11-14/h8-10,12,14H,2-7,11H2,1H3,(H2,17,18,19,21). The number of rotatable bonds is 7. The molecular weight excluding hydrogens is 292 g/mol. The first-order valence-electron chi connectivity index (χ1n) is 8.17. The van der Waals surface area contributed by atoms with Crippen LogP contribution in [0, 0.1) is 0 Å². The SMILES string of the molecule is Cn1cc(CCCNc2cc(NC3CCCOC3)ncn2)cn1. The van der Waals surface area contributed by atoms with Gasteiger partial charge in [0.15, 0.2) is 0 Å². The molecule has 0 spiro atoms. The summed E-state index contributed by atoms with van der Waals surface area (Å²) in [7, 11) is 1.94. The fourth-order valence-electron chi connectivity index (χ4n) is 2.71. The highest BCUT2D eigenvalue weighted by atomic mass is 16.5. The lowest BCUT2D eigenvalue weighted by atomic mass is 10.1. The number of nitrogens with zero attached hydrogens (tertiary/aromatic N) is 4. The Bertz CT molecular complexity index is 608. The molecule has 124 valence electrons. The molecule has 0 bridgehead atoms. The summed E-state index contributed by atoms with van der Waals surface area (Å²) >= 11 is 0. The van der Waals surface area contributed by atoms with Crippen molar-refractivity contribution in [2.45, 2.75) is 31.7 Å². The second-order valence-electron chi connectivity index (χ2n) is 5.90. The lowest BCUT2D eigenvalue weighted by Gasteiger charge is -2.23. The molecule has 0 saturated carbocycles. The van der Waals surface area contributed by atoms with Gasteiger partial charge in [0, 0.05) is 32.5 Å². The number of aromatic nitrogens is 4. The minimum absolute atomic E-state index is 0.345. The Hall–Kier alpha value is -2.15. The van der Waals surface area contributed by atoms with Gasteiger partial charge in [0.05, 0.1) is 18.8 Å². The molecule has 0 aromatic carbocycles. The van der Waals surface area contributed by atoms with Crippen molar-refractivity contribution in [3.63, 3.8) is 0 Å². The van der Waals surface area contributed by atoms with Crippen molar-refractivity contribution in [1.82, 2.24) is 19.7 Å². The second kappa shape index (κ2) is 7.92. The maximum absolute atomic E-state index is 5.48. The number of hydrogen-bond donors (Lipinski definition) is 2. The van der Waals surface area contributed by atoms with Gasteiger partial charge in [0.2, 0.25) is 0 Å². The van der Waals surface area contributed by atoms with Crippen molar-refractivity contribution in [3.05, 3.63) is 30.4 Å². The van der Waals surface area contributed by atoms with Crippen LogP contribution in [0.1, 0.15) is 24.8 Å². The van der Waals surface area contributed by atoms with Gasteiger partial charge < -0.3 is 15.4 Å². The predicted molar refractivity (Wildman–Crippen MR) is 89.5 cm³/mol. The molecule has 1 aliphatic heterocycles. The third kappa shape index (κ3) is 4.92. The van der Waals surface area contributed by atoms with Gasteiger partial charge in [-0.3, -0.25) is 4.68 Å². The van der Waals surface area contributed by atoms with E-state index in [9.17, 15) is 0 Å². The first kappa shape index (κ1) is 15.7. The lowest BCUT2D eigenvalue weighted by molar-refractivity contribution is 0.0875. The van der Waals surface area contributed by atoms with Crippen LogP contribution in [0.2, 0.25) is 0 Å². The molecular formula is C16H24N6O. The maximum Gasteiger partial charge on any atom is 0.131 e. The molecule has 1 fully saturated rings. The average molecular weight is 316 g/mol. The van der Waals surface area contributed by atoms with E-state index in [0.717, 1.165) is 57.1 Å². The maximum atomic E-state index is 5.48. The average Bonchev–Trinajstić information content (AvgIpc) is 2.98. The highest BCUT2D eigenvalue weighted by molar-refractivity contribution is 5.46. The van der Waals surface area contributed by atoms with Gasteiger partial charge in [-0.2, -0.15) is 5.10 Å². The minimum atomic E-state index is 0.345. The van der Waals surface area contributed by atoms with Crippen LogP contribution in [0.25, 0.3) is 0 Å². The third-order valence-electron chi connectivity index (χ3n) is 3.89. The number of nitrogens with one attached hydrogen (secondary N) is 2. The van der Waals surface area contributed by atoms with E-state index in [2.05, 4.69) is 31.9 Å². The van der Waals surface area contributed by atoms with Gasteiger partial charge in [0.1, 0.15) is 18.0 Å². The van der Waals surface area contributed by atoms with Crippen LogP contribution in [0.3, 0.4) is 0 Å². The van der Waals surface area contributed by atoms with Crippen molar-refractivity contribution < 1.29 is 4.74 Å². The Labute approximate surface area is 136 Å². The molecule has 0 amide bonds. The molecule has 1 saturated heterocycles. The van der Waals surface area contributed by atoms with Gasteiger partial charge in [-0.05, 0) is 31.2 Å². The monoisotopic (exact) mass is 316 g/mol. The number of hydrogen-bond acceptors (Lipinski definition) is 6. The summed E-state index contributed by atoms with van der Waals surface area (Å²) in [5.74, 6) is 1.70. The first-order valence-corrected chi connectivity index (χ1v) is 8.17. The molecule has 23 heavy (non-hydrogen) atoms. The van der Waals surface area contributed by atoms with E-state index in [4.69, 9.17) is 4.74 Å². The van der Waals surface area contributed by atoms with Gasteiger partial charge in [-0.15, -0.1) is 0 Å². The molecule has 3 heterocycles. The molecule has 7 heteroatoms. The molecule has 1 atom stereocenters. The van der Waals surface area contributed by atoms with Crippen molar-refractivity contribution >= 4 is 11.6 Å². The fraction of sp³-hybridized carbons (Fsp3) is 0.562. The van der Waals surface area contributed by atoms with E-state index < -0.39 is 0 Å². The molecule has 1 aliphatic rings. The van der Waals surface area contributed by atoms with Gasteiger partial charge in [-0.1, -0.05) is 0 Å². The van der Waals surface area contributed by atoms with Crippen molar-refractivity contribution in [3.8, 4) is 0 Å². The summed E-state index contributed by atoms with van der Waals surface area (Å²) in [4.78, 5) is 8.55. The van der Waals surface area contributed by atoms with Gasteiger partial charge in [-0.25, -0.2) is 9.97 Å². The van der Waals surface area contributed by atoms with E-state index in [1.807, 2.05) is 24.0 Å². The van der Waals surface area contributed by atoms with Crippen LogP contribution in [-0.4, -0.2) is 45.5 Å². The Morgan fingerprint density at radius 2 is 2.26 bits per heavy atom. The van der Waals surface area contributed by atoms with E-state index in [0.29, 0.717) is 6.04 Å². The zero-order valence-corrected chi connectivity index (χ0v) is 13.5. The summed E-state index contributed by atoms with van der Waals surface area (Å²) in [5.41, 5.74) is 1.26. The van der Waals surface area contributed by atoms with Crippen LogP contribution in [0.4, 0.5) is 11.6 Å². The predicted octanol–water partition coefficient (Wildman–Crippen LogP) is 1.85. The van der Waals surface area contributed by atoms with Gasteiger partial charge >= 0.3 is 0 Å². The number of aryl methyl sites for hydroxylation is 2. The molecule has 1 unspecified atom stereocenters. The van der Waals surface area contributed by atoms with E-state index in [1.54, 1.807) is 6.33 Å². The van der Waals surface area contributed by atoms with Gasteiger partial charge in [0.25, 0.3) is 0 Å². The van der Waals surface area contributed by atoms with Crippen molar-refractivity contribution in [1.29, 1.82) is 0 Å². The Kier molecular flexibility index (Phi) is 5.42. The van der Waals surface area contributed by atoms with Crippen LogP contribution in [0.15, 0.2) is 24.8 Å². The normalized spacial score (nSPS) is 17.9. The van der Waals surface area contributed by atoms with Crippen LogP contribution in [-0.2, 0) is 18.2 Å². The summed E-state index contributed by atoms with van der Waals surface area (Å²) in [5, 5.41) is 10.9. The highest BCUT2D eigenvalue weighted by Crippen LogP contribution is 2.14. The Balaban J connectivity index is 1.43. The first-order chi connectivity index (χ1) is 11.3. The van der Waals surface area contributed by atoms with Crippen LogP contribution < -0.4 is 10.6 Å². The van der Waals surface area contributed by atoms with E-state index >= 15 is 0 Å². The Morgan fingerprint density at radius 3 is 3.04 bits per heavy atom. The lowest BCUT2D eigenvalue weighted by Crippen LogP contribution is -2.30. The molecule has 2 aromatic heterocycles. The molecule has 3 rings (SSSR count). The summed E-state index contributed by atoms with van der Waals surface area (Å²) in [6.45, 7) is 2.49. The van der Waals surface area contributed by atoms with Crippen LogP contribution >= 0.6 is 0 Å². The Morgan fingerprint density at radius 1 is 1.35 bits per heavy atom. The van der Waals surface area contributed by atoms with Crippen molar-refractivity contribution in [2.75, 3.05) is 30.4 Å². The summed E-state index contributed by atoms with van der Waals surface area (Å²) < 4.78 is 7.31. The molecule has 2 N–H and O–H groups in total. The third-order valence-corrected chi connectivity index (χ3v) is 3.89. The zero-order chi connectivity index (χ0) is 15.9. The largest absolute Gasteiger partial charge is 0.379 e. The smallest absolute Gasteiger partial charge is 0.131 e. The van der Waals surface area contributed by atoms with Crippen LogP contribution in [0.5, 0.6) is 0 Å². The second-order valence-corrected chi connectivity index (χ2v) is 5.90. The topological polar surface area (TPSA) is 76.9 Å². The summed E-state index contributed by atoms with van der Waals surface area (Å²) in [6.07, 6.45) is 9.83. The number of anilines is 2. The fourth-order valence-corrected chi connectivity index (χ4v) is 2.71. The van der Waals surface area contributed by atoms with Crippen molar-refractivity contribution in [2.24, 2.45) is 7.05 Å². The summed E-state index contributed by atoms with van der Waals surface area (Å²) in [6, 6.07) is 2.30. The molecule has 0 aliphatic carbocycles. The molecule has 7 nitrogen and oxygen atoms in total. The highest BCUT2D eigenvalue weighted by Gasteiger charge is 2.14. The molecule has 0 radical (unpaired) electrons. The zero-order valence-electron chi connectivity index (χ0n) is 13.5. The minimum Gasteiger partial charge on any atom is -0.379 e. The quantitative estimate of drug-likeness (QED) is 0.759. The molecule has 2 aromatic rings. The number of ether oxygens (including phenoxy) is 1.